The third kappa shape index (κ3) is 5.24. The highest BCUT2D eigenvalue weighted by molar-refractivity contribution is 7.80. The van der Waals surface area contributed by atoms with Crippen LogP contribution in [0.5, 0.6) is 5.75 Å². The van der Waals surface area contributed by atoms with Crippen molar-refractivity contribution in [2.45, 2.75) is 26.2 Å². The molecule has 0 saturated carbocycles. The summed E-state index contributed by atoms with van der Waals surface area (Å²) in [6.07, 6.45) is 3.37. The molecule has 0 bridgehead atoms. The first-order valence-electron chi connectivity index (χ1n) is 8.73. The second-order valence-corrected chi connectivity index (χ2v) is 6.36. The summed E-state index contributed by atoms with van der Waals surface area (Å²) in [5, 5.41) is 13.2. The predicted molar refractivity (Wildman–Crippen MR) is 107 cm³/mol. The molecule has 0 saturated heterocycles. The molecule has 0 spiro atoms. The number of hydrogen-bond donors (Lipinski definition) is 2. The number of fused-ring (bicyclic) bond motifs is 1. The quantitative estimate of drug-likeness (QED) is 0.471. The van der Waals surface area contributed by atoms with E-state index >= 15 is 0 Å². The van der Waals surface area contributed by atoms with E-state index < -0.39 is 0 Å². The summed E-state index contributed by atoms with van der Waals surface area (Å²) in [5.74, 6) is 0.467. The fourth-order valence-electron chi connectivity index (χ4n) is 2.44. The van der Waals surface area contributed by atoms with Gasteiger partial charge in [-0.15, -0.1) is 0 Å². The smallest absolute Gasteiger partial charge is 0.257 e. The molecule has 0 aliphatic heterocycles. The number of rotatable bonds is 7. The maximum atomic E-state index is 12.3. The topological polar surface area (TPSA) is 89.3 Å². The summed E-state index contributed by atoms with van der Waals surface area (Å²) in [6.45, 7) is 2.87. The van der Waals surface area contributed by atoms with Gasteiger partial charge in [-0.3, -0.25) is 10.1 Å². The lowest BCUT2D eigenvalue weighted by atomic mass is 10.2. The molecular weight excluding hydrogens is 364 g/mol. The highest BCUT2D eigenvalue weighted by Crippen LogP contribution is 2.16. The lowest BCUT2D eigenvalue weighted by molar-refractivity contribution is 0.0978. The number of carbonyl (C=O) groups excluding carboxylic acids is 1. The molecule has 27 heavy (non-hydrogen) atoms. The lowest BCUT2D eigenvalue weighted by Gasteiger charge is -2.11. The number of hydrogen-bond acceptors (Lipinski definition) is 6. The minimum absolute atomic E-state index is 0.204. The number of amides is 1. The Morgan fingerprint density at radius 2 is 1.89 bits per heavy atom. The van der Waals surface area contributed by atoms with Crippen LogP contribution < -0.4 is 15.4 Å². The van der Waals surface area contributed by atoms with Gasteiger partial charge < -0.3 is 10.1 Å². The zero-order valence-electron chi connectivity index (χ0n) is 14.9. The van der Waals surface area contributed by atoms with Crippen molar-refractivity contribution in [3.8, 4) is 5.75 Å². The van der Waals surface area contributed by atoms with E-state index in [1.807, 2.05) is 24.3 Å². The third-order valence-corrected chi connectivity index (χ3v) is 4.08. The molecule has 2 N–H and O–H groups in total. The molecule has 3 aromatic rings. The summed E-state index contributed by atoms with van der Waals surface area (Å²) in [6, 6.07) is 12.3. The molecule has 0 radical (unpaired) electrons. The van der Waals surface area contributed by atoms with Crippen LogP contribution in [0.15, 0.2) is 47.1 Å². The van der Waals surface area contributed by atoms with Gasteiger partial charge in [0.15, 0.2) is 5.11 Å². The molecule has 0 atom stereocenters. The van der Waals surface area contributed by atoms with E-state index in [0.29, 0.717) is 23.2 Å². The number of unbranched alkanes of at least 4 members (excludes halogenated alkanes) is 2. The Kier molecular flexibility index (Phi) is 6.32. The van der Waals surface area contributed by atoms with Crippen molar-refractivity contribution in [1.29, 1.82) is 0 Å². The Bertz CT molecular complexity index is 924. The van der Waals surface area contributed by atoms with Gasteiger partial charge in [-0.25, -0.2) is 4.63 Å². The van der Waals surface area contributed by atoms with Gasteiger partial charge in [-0.1, -0.05) is 19.8 Å². The summed E-state index contributed by atoms with van der Waals surface area (Å²) >= 11 is 5.20. The molecule has 1 aromatic heterocycles. The van der Waals surface area contributed by atoms with Crippen LogP contribution in [-0.4, -0.2) is 27.9 Å². The van der Waals surface area contributed by atoms with Gasteiger partial charge in [0.2, 0.25) is 0 Å². The number of carbonyl (C=O) groups is 1. The number of anilines is 1. The van der Waals surface area contributed by atoms with Crippen LogP contribution in [0.25, 0.3) is 11.0 Å². The first-order chi connectivity index (χ1) is 13.2. The number of benzene rings is 2. The van der Waals surface area contributed by atoms with E-state index in [1.165, 1.54) is 6.42 Å². The molecule has 7 nitrogen and oxygen atoms in total. The summed E-state index contributed by atoms with van der Waals surface area (Å²) in [4.78, 5) is 12.3. The van der Waals surface area contributed by atoms with Crippen molar-refractivity contribution in [2.24, 2.45) is 0 Å². The van der Waals surface area contributed by atoms with Gasteiger partial charge >= 0.3 is 0 Å². The highest BCUT2D eigenvalue weighted by Gasteiger charge is 2.10. The Balaban J connectivity index is 1.51. The second-order valence-electron chi connectivity index (χ2n) is 5.96. The van der Waals surface area contributed by atoms with Gasteiger partial charge in [0.25, 0.3) is 5.91 Å². The maximum absolute atomic E-state index is 12.3. The van der Waals surface area contributed by atoms with Crippen LogP contribution in [0, 0.1) is 0 Å². The lowest BCUT2D eigenvalue weighted by Crippen LogP contribution is -2.34. The SMILES string of the molecule is CCCCCOc1ccc(NC(=S)NC(=O)c2ccc3nonc3c2)cc1. The highest BCUT2D eigenvalue weighted by atomic mass is 32.1. The number of nitrogens with one attached hydrogen (secondary N) is 2. The molecule has 0 unspecified atom stereocenters. The fraction of sp³-hybridized carbons (Fsp3) is 0.263. The second kappa shape index (κ2) is 9.09. The maximum Gasteiger partial charge on any atom is 0.257 e. The molecule has 0 aliphatic rings. The summed E-state index contributed by atoms with van der Waals surface area (Å²) in [7, 11) is 0. The van der Waals surface area contributed by atoms with Crippen LogP contribution in [0.3, 0.4) is 0 Å². The van der Waals surface area contributed by atoms with Crippen LogP contribution in [0.1, 0.15) is 36.5 Å². The predicted octanol–water partition coefficient (Wildman–Crippen LogP) is 3.92. The van der Waals surface area contributed by atoms with Crippen LogP contribution in [0.2, 0.25) is 0 Å². The normalized spacial score (nSPS) is 10.6. The first kappa shape index (κ1) is 18.8. The number of nitrogens with zero attached hydrogens (tertiary/aromatic N) is 2. The molecule has 140 valence electrons. The average Bonchev–Trinajstić information content (AvgIpc) is 3.14. The van der Waals surface area contributed by atoms with Crippen molar-refractivity contribution in [2.75, 3.05) is 11.9 Å². The molecule has 8 heteroatoms. The Hall–Kier alpha value is -3.00. The molecule has 1 heterocycles. The molecule has 0 aliphatic carbocycles. The Morgan fingerprint density at radius 1 is 1.11 bits per heavy atom. The van der Waals surface area contributed by atoms with E-state index in [9.17, 15) is 4.79 Å². The summed E-state index contributed by atoms with van der Waals surface area (Å²) < 4.78 is 10.3. The van der Waals surface area contributed by atoms with Gasteiger partial charge in [0, 0.05) is 11.3 Å². The zero-order chi connectivity index (χ0) is 19.1. The molecular formula is C19H20N4O3S. The van der Waals surface area contributed by atoms with Gasteiger partial charge in [-0.2, -0.15) is 0 Å². The minimum atomic E-state index is -0.340. The van der Waals surface area contributed by atoms with Gasteiger partial charge in [0.05, 0.1) is 6.61 Å². The molecule has 0 fully saturated rings. The minimum Gasteiger partial charge on any atom is -0.494 e. The molecule has 1 amide bonds. The van der Waals surface area contributed by atoms with E-state index in [-0.39, 0.29) is 11.0 Å². The van der Waals surface area contributed by atoms with Gasteiger partial charge in [0.1, 0.15) is 16.8 Å². The average molecular weight is 384 g/mol. The monoisotopic (exact) mass is 384 g/mol. The summed E-state index contributed by atoms with van der Waals surface area (Å²) in [5.41, 5.74) is 2.27. The van der Waals surface area contributed by atoms with Crippen molar-refractivity contribution in [3.05, 3.63) is 48.0 Å². The third-order valence-electron chi connectivity index (χ3n) is 3.87. The molecule has 2 aromatic carbocycles. The Morgan fingerprint density at radius 3 is 2.67 bits per heavy atom. The van der Waals surface area contributed by atoms with E-state index in [4.69, 9.17) is 17.0 Å². The van der Waals surface area contributed by atoms with E-state index in [1.54, 1.807) is 18.2 Å². The van der Waals surface area contributed by atoms with Crippen molar-refractivity contribution >= 4 is 40.0 Å². The zero-order valence-corrected chi connectivity index (χ0v) is 15.7. The fourth-order valence-corrected chi connectivity index (χ4v) is 2.65. The van der Waals surface area contributed by atoms with E-state index in [2.05, 4.69) is 32.5 Å². The van der Waals surface area contributed by atoms with Crippen molar-refractivity contribution in [1.82, 2.24) is 15.6 Å². The van der Waals surface area contributed by atoms with Crippen LogP contribution >= 0.6 is 12.2 Å². The molecule has 3 rings (SSSR count). The Labute approximate surface area is 162 Å². The standard InChI is InChI=1S/C19H20N4O3S/c1-2-3-4-11-25-15-8-6-14(7-9-15)20-19(27)21-18(24)13-5-10-16-17(12-13)23-26-22-16/h5-10,12H,2-4,11H2,1H3,(H2,20,21,24,27). The van der Waals surface area contributed by atoms with Crippen LogP contribution in [0.4, 0.5) is 5.69 Å². The van der Waals surface area contributed by atoms with Crippen LogP contribution in [-0.2, 0) is 0 Å². The number of aromatic nitrogens is 2. The number of ether oxygens (including phenoxy) is 1. The van der Waals surface area contributed by atoms with Gasteiger partial charge in [-0.05, 0) is 71.4 Å². The number of thiocarbonyl (C=S) groups is 1. The van der Waals surface area contributed by atoms with E-state index in [0.717, 1.165) is 24.3 Å². The van der Waals surface area contributed by atoms with Crippen molar-refractivity contribution < 1.29 is 14.2 Å². The first-order valence-corrected chi connectivity index (χ1v) is 9.14. The van der Waals surface area contributed by atoms with Crippen molar-refractivity contribution in [3.63, 3.8) is 0 Å². The largest absolute Gasteiger partial charge is 0.494 e.